The number of hydrogen-bond acceptors (Lipinski definition) is 5. The molecule has 0 fully saturated rings. The summed E-state index contributed by atoms with van der Waals surface area (Å²) in [7, 11) is 1.27. The highest BCUT2D eigenvalue weighted by atomic mass is 16.5. The fourth-order valence-corrected chi connectivity index (χ4v) is 2.47. The van der Waals surface area contributed by atoms with Crippen molar-refractivity contribution in [2.24, 2.45) is 5.92 Å². The van der Waals surface area contributed by atoms with Crippen molar-refractivity contribution in [3.63, 3.8) is 0 Å². The summed E-state index contributed by atoms with van der Waals surface area (Å²) in [5.41, 5.74) is 2.49. The summed E-state index contributed by atoms with van der Waals surface area (Å²) >= 11 is 0. The molecule has 24 heavy (non-hydrogen) atoms. The summed E-state index contributed by atoms with van der Waals surface area (Å²) in [6.45, 7) is 1.71. The molecular weight excluding hydrogens is 304 g/mol. The zero-order valence-electron chi connectivity index (χ0n) is 13.7. The van der Waals surface area contributed by atoms with Gasteiger partial charge in [-0.15, -0.1) is 0 Å². The lowest BCUT2D eigenvalue weighted by atomic mass is 9.96. The average Bonchev–Trinajstić information content (AvgIpc) is 2.65. The van der Waals surface area contributed by atoms with Crippen LogP contribution in [-0.4, -0.2) is 23.8 Å². The standard InChI is InChI=1S/C19H18N2O3/c1-3-18(22)16(19(23)24-2)11-14-8-6-10-17(21-14)15-9-5-4-7-13(15)12-20/h4-10,16H,3,11H2,1-2H3. The molecule has 1 heterocycles. The van der Waals surface area contributed by atoms with E-state index < -0.39 is 11.9 Å². The fourth-order valence-electron chi connectivity index (χ4n) is 2.47. The van der Waals surface area contributed by atoms with Gasteiger partial charge in [0, 0.05) is 24.1 Å². The summed E-state index contributed by atoms with van der Waals surface area (Å²) in [5.74, 6) is -1.58. The van der Waals surface area contributed by atoms with Crippen molar-refractivity contribution < 1.29 is 14.3 Å². The highest BCUT2D eigenvalue weighted by molar-refractivity contribution is 5.99. The van der Waals surface area contributed by atoms with E-state index in [0.717, 1.165) is 5.56 Å². The van der Waals surface area contributed by atoms with Crippen LogP contribution in [0.25, 0.3) is 11.3 Å². The number of pyridine rings is 1. The van der Waals surface area contributed by atoms with Crippen molar-refractivity contribution in [1.29, 1.82) is 5.26 Å². The quantitative estimate of drug-likeness (QED) is 0.603. The summed E-state index contributed by atoms with van der Waals surface area (Å²) in [5, 5.41) is 9.22. The molecule has 1 unspecified atom stereocenters. The maximum absolute atomic E-state index is 12.0. The van der Waals surface area contributed by atoms with Crippen LogP contribution in [0.1, 0.15) is 24.6 Å². The minimum Gasteiger partial charge on any atom is -0.468 e. The number of nitrogens with zero attached hydrogens (tertiary/aromatic N) is 2. The van der Waals surface area contributed by atoms with Gasteiger partial charge in [0.05, 0.1) is 24.4 Å². The Hall–Kier alpha value is -3.00. The molecule has 1 atom stereocenters. The number of esters is 1. The summed E-state index contributed by atoms with van der Waals surface area (Å²) in [4.78, 5) is 28.4. The van der Waals surface area contributed by atoms with Crippen LogP contribution in [0.4, 0.5) is 0 Å². The van der Waals surface area contributed by atoms with Crippen molar-refractivity contribution in [2.45, 2.75) is 19.8 Å². The number of hydrogen-bond donors (Lipinski definition) is 0. The summed E-state index contributed by atoms with van der Waals surface area (Å²) in [6, 6.07) is 14.7. The van der Waals surface area contributed by atoms with Crippen LogP contribution in [-0.2, 0) is 20.7 Å². The number of ketones is 1. The average molecular weight is 322 g/mol. The molecule has 0 aliphatic carbocycles. The van der Waals surface area contributed by atoms with Crippen LogP contribution in [0.2, 0.25) is 0 Å². The number of ether oxygens (including phenoxy) is 1. The van der Waals surface area contributed by atoms with Crippen molar-refractivity contribution in [3.05, 3.63) is 53.7 Å². The number of Topliss-reactive ketones (excluding diaryl/α,β-unsaturated/α-hetero) is 1. The van der Waals surface area contributed by atoms with E-state index in [1.165, 1.54) is 7.11 Å². The normalized spacial score (nSPS) is 11.4. The smallest absolute Gasteiger partial charge is 0.316 e. The molecule has 0 amide bonds. The Balaban J connectivity index is 2.35. The highest BCUT2D eigenvalue weighted by Gasteiger charge is 2.27. The molecule has 2 aromatic rings. The lowest BCUT2D eigenvalue weighted by molar-refractivity contribution is -0.149. The monoisotopic (exact) mass is 322 g/mol. The Kier molecular flexibility index (Phi) is 5.80. The molecule has 0 aliphatic heterocycles. The maximum atomic E-state index is 12.0. The van der Waals surface area contributed by atoms with E-state index in [1.54, 1.807) is 37.3 Å². The second-order valence-electron chi connectivity index (χ2n) is 5.27. The van der Waals surface area contributed by atoms with Crippen LogP contribution in [0.15, 0.2) is 42.5 Å². The van der Waals surface area contributed by atoms with Crippen LogP contribution in [0, 0.1) is 17.2 Å². The second kappa shape index (κ2) is 8.02. The number of methoxy groups -OCH3 is 1. The van der Waals surface area contributed by atoms with Crippen molar-refractivity contribution in [3.8, 4) is 17.3 Å². The minimum absolute atomic E-state index is 0.175. The van der Waals surface area contributed by atoms with Crippen LogP contribution in [0.3, 0.4) is 0 Å². The fraction of sp³-hybridized carbons (Fsp3) is 0.263. The van der Waals surface area contributed by atoms with Crippen molar-refractivity contribution in [2.75, 3.05) is 7.11 Å². The van der Waals surface area contributed by atoms with Gasteiger partial charge in [-0.25, -0.2) is 0 Å². The predicted octanol–water partition coefficient (Wildman–Crippen LogP) is 2.93. The molecule has 0 saturated heterocycles. The zero-order chi connectivity index (χ0) is 17.5. The van der Waals surface area contributed by atoms with Crippen molar-refractivity contribution in [1.82, 2.24) is 4.98 Å². The van der Waals surface area contributed by atoms with Gasteiger partial charge in [0.25, 0.3) is 0 Å². The molecule has 122 valence electrons. The van der Waals surface area contributed by atoms with E-state index >= 15 is 0 Å². The van der Waals surface area contributed by atoms with E-state index in [9.17, 15) is 14.9 Å². The lowest BCUT2D eigenvalue weighted by Crippen LogP contribution is -2.27. The Morgan fingerprint density at radius 3 is 2.62 bits per heavy atom. The van der Waals surface area contributed by atoms with Crippen molar-refractivity contribution >= 4 is 11.8 Å². The molecular formula is C19H18N2O3. The number of carbonyl (C=O) groups excluding carboxylic acids is 2. The second-order valence-corrected chi connectivity index (χ2v) is 5.27. The summed E-state index contributed by atoms with van der Waals surface area (Å²) in [6.07, 6.45) is 0.443. The van der Waals surface area contributed by atoms with Gasteiger partial charge in [-0.2, -0.15) is 5.26 Å². The molecule has 0 spiro atoms. The lowest BCUT2D eigenvalue weighted by Gasteiger charge is -2.13. The van der Waals surface area contributed by atoms with E-state index in [2.05, 4.69) is 11.1 Å². The Morgan fingerprint density at radius 2 is 1.96 bits per heavy atom. The Morgan fingerprint density at radius 1 is 1.21 bits per heavy atom. The first-order chi connectivity index (χ1) is 11.6. The molecule has 0 aliphatic rings. The van der Waals surface area contributed by atoms with Crippen LogP contribution in [0.5, 0.6) is 0 Å². The van der Waals surface area contributed by atoms with E-state index in [0.29, 0.717) is 17.0 Å². The topological polar surface area (TPSA) is 80.0 Å². The predicted molar refractivity (Wildman–Crippen MR) is 88.9 cm³/mol. The van der Waals surface area contributed by atoms with Gasteiger partial charge in [-0.3, -0.25) is 14.6 Å². The minimum atomic E-state index is -0.853. The molecule has 0 radical (unpaired) electrons. The van der Waals surface area contributed by atoms with Crippen LogP contribution < -0.4 is 0 Å². The summed E-state index contributed by atoms with van der Waals surface area (Å²) < 4.78 is 4.73. The molecule has 5 heteroatoms. The molecule has 5 nitrogen and oxygen atoms in total. The van der Waals surface area contributed by atoms with Gasteiger partial charge in [-0.05, 0) is 18.2 Å². The molecule has 0 bridgehead atoms. The SMILES string of the molecule is CCC(=O)C(Cc1cccc(-c2ccccc2C#N)n1)C(=O)OC. The number of rotatable bonds is 6. The Bertz CT molecular complexity index is 777. The third-order valence-electron chi connectivity index (χ3n) is 3.77. The number of carbonyl (C=O) groups is 2. The first kappa shape index (κ1) is 17.4. The van der Waals surface area contributed by atoms with Gasteiger partial charge in [0.1, 0.15) is 11.7 Å². The van der Waals surface area contributed by atoms with Crippen LogP contribution >= 0.6 is 0 Å². The third-order valence-corrected chi connectivity index (χ3v) is 3.77. The highest BCUT2D eigenvalue weighted by Crippen LogP contribution is 2.22. The third kappa shape index (κ3) is 3.85. The molecule has 1 aromatic carbocycles. The number of benzene rings is 1. The first-order valence-corrected chi connectivity index (χ1v) is 7.66. The van der Waals surface area contributed by atoms with Gasteiger partial charge < -0.3 is 4.74 Å². The largest absolute Gasteiger partial charge is 0.468 e. The van der Waals surface area contributed by atoms with Gasteiger partial charge in [-0.1, -0.05) is 31.2 Å². The number of aromatic nitrogens is 1. The first-order valence-electron chi connectivity index (χ1n) is 7.66. The molecule has 0 saturated carbocycles. The maximum Gasteiger partial charge on any atom is 0.316 e. The van der Waals surface area contributed by atoms with Gasteiger partial charge in [0.2, 0.25) is 0 Å². The number of nitriles is 1. The van der Waals surface area contributed by atoms with E-state index in [4.69, 9.17) is 4.74 Å². The molecule has 1 aromatic heterocycles. The molecule has 2 rings (SSSR count). The van der Waals surface area contributed by atoms with E-state index in [1.807, 2.05) is 12.1 Å². The van der Waals surface area contributed by atoms with Gasteiger partial charge >= 0.3 is 5.97 Å². The van der Waals surface area contributed by atoms with Gasteiger partial charge in [0.15, 0.2) is 0 Å². The molecule has 0 N–H and O–H groups in total. The van der Waals surface area contributed by atoms with E-state index in [-0.39, 0.29) is 18.6 Å². The zero-order valence-corrected chi connectivity index (χ0v) is 13.7. The Labute approximate surface area is 140 Å².